The zero-order valence-corrected chi connectivity index (χ0v) is 14.1. The number of pyridine rings is 1. The summed E-state index contributed by atoms with van der Waals surface area (Å²) < 4.78 is 0. The zero-order chi connectivity index (χ0) is 16.2. The van der Waals surface area contributed by atoms with E-state index in [2.05, 4.69) is 15.2 Å². The van der Waals surface area contributed by atoms with Gasteiger partial charge in [-0.25, -0.2) is 4.98 Å². The van der Waals surface area contributed by atoms with Crippen LogP contribution in [0, 0.1) is 0 Å². The second kappa shape index (κ2) is 7.20. The van der Waals surface area contributed by atoms with E-state index >= 15 is 0 Å². The minimum Gasteiger partial charge on any atom is -0.370 e. The lowest BCUT2D eigenvalue weighted by Crippen LogP contribution is -2.30. The van der Waals surface area contributed by atoms with E-state index in [1.54, 1.807) is 18.2 Å². The second-order valence-electron chi connectivity index (χ2n) is 5.53. The number of carbonyl (C=O) groups excluding carboxylic acids is 1. The number of aromatic nitrogens is 1. The van der Waals surface area contributed by atoms with E-state index < -0.39 is 0 Å². The highest BCUT2D eigenvalue weighted by Crippen LogP contribution is 2.31. The third kappa shape index (κ3) is 3.95. The van der Waals surface area contributed by atoms with E-state index in [1.807, 2.05) is 12.1 Å². The highest BCUT2D eigenvalue weighted by atomic mass is 35.5. The molecule has 3 rings (SSSR count). The average molecular weight is 350 g/mol. The van der Waals surface area contributed by atoms with Gasteiger partial charge in [0.05, 0.1) is 11.4 Å². The lowest BCUT2D eigenvalue weighted by molar-refractivity contribution is 0.102. The van der Waals surface area contributed by atoms with Gasteiger partial charge in [-0.3, -0.25) is 4.79 Å². The molecule has 0 unspecified atom stereocenters. The molecule has 1 aliphatic rings. The molecule has 23 heavy (non-hydrogen) atoms. The molecule has 0 bridgehead atoms. The van der Waals surface area contributed by atoms with Crippen molar-refractivity contribution in [2.24, 2.45) is 0 Å². The van der Waals surface area contributed by atoms with Gasteiger partial charge in [-0.15, -0.1) is 0 Å². The molecule has 6 heteroatoms. The Morgan fingerprint density at radius 3 is 2.61 bits per heavy atom. The summed E-state index contributed by atoms with van der Waals surface area (Å²) in [6.45, 7) is 1.98. The van der Waals surface area contributed by atoms with Crippen LogP contribution in [0.1, 0.15) is 29.6 Å². The summed E-state index contributed by atoms with van der Waals surface area (Å²) in [6.07, 6.45) is 5.09. The van der Waals surface area contributed by atoms with Gasteiger partial charge < -0.3 is 10.2 Å². The summed E-state index contributed by atoms with van der Waals surface area (Å²) in [5.74, 6) is -0.227. The van der Waals surface area contributed by atoms with Crippen LogP contribution in [0.5, 0.6) is 0 Å². The second-order valence-corrected chi connectivity index (χ2v) is 6.35. The predicted octanol–water partition coefficient (Wildman–Crippen LogP) is 4.63. The van der Waals surface area contributed by atoms with Crippen LogP contribution in [0.2, 0.25) is 10.2 Å². The van der Waals surface area contributed by atoms with Crippen LogP contribution < -0.4 is 10.2 Å². The maximum Gasteiger partial charge on any atom is 0.255 e. The van der Waals surface area contributed by atoms with Crippen LogP contribution in [0.25, 0.3) is 0 Å². The third-order valence-corrected chi connectivity index (χ3v) is 4.33. The van der Waals surface area contributed by atoms with Crippen LogP contribution in [0.3, 0.4) is 0 Å². The molecule has 0 atom stereocenters. The Kier molecular flexibility index (Phi) is 5.03. The molecule has 2 heterocycles. The summed E-state index contributed by atoms with van der Waals surface area (Å²) in [5.41, 5.74) is 2.19. The Morgan fingerprint density at radius 2 is 1.87 bits per heavy atom. The number of benzene rings is 1. The number of nitrogens with zero attached hydrogens (tertiary/aromatic N) is 2. The molecule has 120 valence electrons. The highest BCUT2D eigenvalue weighted by molar-refractivity contribution is 6.31. The predicted molar refractivity (Wildman–Crippen MR) is 94.7 cm³/mol. The topological polar surface area (TPSA) is 45.2 Å². The minimum atomic E-state index is -0.227. The van der Waals surface area contributed by atoms with Crippen molar-refractivity contribution >= 4 is 40.5 Å². The first kappa shape index (κ1) is 16.1. The van der Waals surface area contributed by atoms with Crippen LogP contribution >= 0.6 is 23.2 Å². The van der Waals surface area contributed by atoms with Crippen molar-refractivity contribution in [3.8, 4) is 0 Å². The molecule has 0 saturated carbocycles. The quantitative estimate of drug-likeness (QED) is 0.821. The lowest BCUT2D eigenvalue weighted by atomic mass is 10.1. The van der Waals surface area contributed by atoms with Gasteiger partial charge in [0.1, 0.15) is 5.15 Å². The number of nitrogens with one attached hydrogen (secondary N) is 1. The number of carbonyl (C=O) groups is 1. The molecule has 0 aliphatic carbocycles. The van der Waals surface area contributed by atoms with Gasteiger partial charge in [-0.1, -0.05) is 23.2 Å². The Balaban J connectivity index is 1.86. The van der Waals surface area contributed by atoms with Crippen molar-refractivity contribution in [1.29, 1.82) is 0 Å². The van der Waals surface area contributed by atoms with Gasteiger partial charge in [-0.05, 0) is 49.6 Å². The van der Waals surface area contributed by atoms with E-state index in [0.29, 0.717) is 15.7 Å². The summed E-state index contributed by atoms with van der Waals surface area (Å²) in [5, 5.41) is 3.82. The fourth-order valence-corrected chi connectivity index (χ4v) is 3.10. The smallest absolute Gasteiger partial charge is 0.255 e. The van der Waals surface area contributed by atoms with Crippen molar-refractivity contribution in [1.82, 2.24) is 4.98 Å². The summed E-state index contributed by atoms with van der Waals surface area (Å²) >= 11 is 12.0. The zero-order valence-electron chi connectivity index (χ0n) is 12.6. The first-order valence-electron chi connectivity index (χ1n) is 7.61. The number of amides is 1. The maximum absolute atomic E-state index is 12.5. The van der Waals surface area contributed by atoms with E-state index in [4.69, 9.17) is 23.2 Å². The SMILES string of the molecule is O=C(Nc1cc(Cl)ccc1N1CCCCC1)c1ccnc(Cl)c1. The Hall–Kier alpha value is -1.78. The van der Waals surface area contributed by atoms with Gasteiger partial charge in [0.2, 0.25) is 0 Å². The molecule has 1 saturated heterocycles. The molecular formula is C17H17Cl2N3O. The maximum atomic E-state index is 12.5. The fourth-order valence-electron chi connectivity index (χ4n) is 2.76. The van der Waals surface area contributed by atoms with Crippen molar-refractivity contribution in [2.45, 2.75) is 19.3 Å². The number of rotatable bonds is 3. The van der Waals surface area contributed by atoms with Crippen LogP contribution in [-0.4, -0.2) is 24.0 Å². The molecule has 1 N–H and O–H groups in total. The van der Waals surface area contributed by atoms with Gasteiger partial charge in [0, 0.05) is 29.9 Å². The first-order valence-corrected chi connectivity index (χ1v) is 8.36. The molecular weight excluding hydrogens is 333 g/mol. The molecule has 1 amide bonds. The van der Waals surface area contributed by atoms with Gasteiger partial charge in [-0.2, -0.15) is 0 Å². The Bertz CT molecular complexity index is 715. The Morgan fingerprint density at radius 1 is 1.09 bits per heavy atom. The number of piperidine rings is 1. The minimum absolute atomic E-state index is 0.227. The summed E-state index contributed by atoms with van der Waals surface area (Å²) in [7, 11) is 0. The molecule has 0 radical (unpaired) electrons. The molecule has 1 fully saturated rings. The van der Waals surface area contributed by atoms with Crippen molar-refractivity contribution in [3.05, 3.63) is 52.3 Å². The van der Waals surface area contributed by atoms with Crippen LogP contribution in [-0.2, 0) is 0 Å². The van der Waals surface area contributed by atoms with E-state index in [9.17, 15) is 4.79 Å². The summed E-state index contributed by atoms with van der Waals surface area (Å²) in [4.78, 5) is 18.6. The normalized spacial score (nSPS) is 14.6. The highest BCUT2D eigenvalue weighted by Gasteiger charge is 2.17. The third-order valence-electron chi connectivity index (χ3n) is 3.89. The first-order chi connectivity index (χ1) is 11.1. The average Bonchev–Trinajstić information content (AvgIpc) is 2.56. The number of hydrogen-bond acceptors (Lipinski definition) is 3. The van der Waals surface area contributed by atoms with E-state index in [1.165, 1.54) is 12.6 Å². The van der Waals surface area contributed by atoms with E-state index in [-0.39, 0.29) is 5.91 Å². The fraction of sp³-hybridized carbons (Fsp3) is 0.294. The molecule has 1 aromatic carbocycles. The molecule has 1 aliphatic heterocycles. The van der Waals surface area contributed by atoms with Gasteiger partial charge in [0.25, 0.3) is 5.91 Å². The van der Waals surface area contributed by atoms with Gasteiger partial charge >= 0.3 is 0 Å². The molecule has 2 aromatic rings. The number of anilines is 2. The monoisotopic (exact) mass is 349 g/mol. The number of halogens is 2. The lowest BCUT2D eigenvalue weighted by Gasteiger charge is -2.30. The van der Waals surface area contributed by atoms with Crippen LogP contribution in [0.4, 0.5) is 11.4 Å². The number of hydrogen-bond donors (Lipinski definition) is 1. The molecule has 4 nitrogen and oxygen atoms in total. The Labute approximate surface area is 145 Å². The summed E-state index contributed by atoms with van der Waals surface area (Å²) in [6, 6.07) is 8.77. The van der Waals surface area contributed by atoms with Gasteiger partial charge in [0.15, 0.2) is 0 Å². The van der Waals surface area contributed by atoms with Crippen molar-refractivity contribution in [2.75, 3.05) is 23.3 Å². The molecule has 1 aromatic heterocycles. The largest absolute Gasteiger partial charge is 0.370 e. The van der Waals surface area contributed by atoms with Crippen molar-refractivity contribution in [3.63, 3.8) is 0 Å². The van der Waals surface area contributed by atoms with E-state index in [0.717, 1.165) is 37.3 Å². The standard InChI is InChI=1S/C17H17Cl2N3O/c18-13-4-5-15(22-8-2-1-3-9-22)14(11-13)21-17(23)12-6-7-20-16(19)10-12/h4-7,10-11H,1-3,8-9H2,(H,21,23). The van der Waals surface area contributed by atoms with Crippen molar-refractivity contribution < 1.29 is 4.79 Å². The van der Waals surface area contributed by atoms with Crippen LogP contribution in [0.15, 0.2) is 36.5 Å². The molecule has 0 spiro atoms.